The third-order valence-electron chi connectivity index (χ3n) is 4.59. The number of nitrogens with one attached hydrogen (secondary N) is 1. The van der Waals surface area contributed by atoms with Gasteiger partial charge in [0.05, 0.1) is 5.56 Å². The molecule has 1 atom stereocenters. The fourth-order valence-electron chi connectivity index (χ4n) is 3.31. The van der Waals surface area contributed by atoms with E-state index in [9.17, 15) is 4.39 Å². The number of piperazine rings is 1. The molecule has 1 aromatic carbocycles. The van der Waals surface area contributed by atoms with Crippen molar-refractivity contribution in [2.75, 3.05) is 26.2 Å². The number of hydrogen-bond donors (Lipinski definition) is 1. The molecule has 1 aliphatic heterocycles. The Morgan fingerprint density at radius 2 is 2.05 bits per heavy atom. The van der Waals surface area contributed by atoms with Gasteiger partial charge in [-0.25, -0.2) is 4.39 Å². The van der Waals surface area contributed by atoms with Gasteiger partial charge in [-0.15, -0.1) is 0 Å². The Kier molecular flexibility index (Phi) is 4.00. The largest absolute Gasteiger partial charge is 0.314 e. The minimum Gasteiger partial charge on any atom is -0.314 e. The molecule has 0 bridgehead atoms. The monoisotopic (exact) mass is 273 g/mol. The molecule has 1 aliphatic carbocycles. The van der Waals surface area contributed by atoms with E-state index in [0.29, 0.717) is 12.0 Å². The van der Waals surface area contributed by atoms with E-state index in [-0.39, 0.29) is 5.56 Å². The van der Waals surface area contributed by atoms with Crippen LogP contribution in [-0.2, 0) is 0 Å². The molecule has 4 heteroatoms. The number of rotatable bonds is 3. The Morgan fingerprint density at radius 3 is 2.65 bits per heavy atom. The molecule has 1 saturated heterocycles. The zero-order chi connectivity index (χ0) is 13.9. The highest BCUT2D eigenvalue weighted by atomic mass is 19.1. The molecule has 0 spiro atoms. The van der Waals surface area contributed by atoms with Gasteiger partial charge < -0.3 is 5.32 Å². The zero-order valence-electron chi connectivity index (χ0n) is 11.6. The van der Waals surface area contributed by atoms with E-state index in [2.05, 4.69) is 10.2 Å². The van der Waals surface area contributed by atoms with Crippen molar-refractivity contribution in [2.24, 2.45) is 5.92 Å². The number of nitriles is 1. The molecule has 3 rings (SSSR count). The van der Waals surface area contributed by atoms with Crippen molar-refractivity contribution in [2.45, 2.75) is 25.3 Å². The smallest absolute Gasteiger partial charge is 0.140 e. The molecule has 0 unspecified atom stereocenters. The van der Waals surface area contributed by atoms with Crippen LogP contribution in [0, 0.1) is 23.1 Å². The maximum absolute atomic E-state index is 13.5. The van der Waals surface area contributed by atoms with Gasteiger partial charge in [0, 0.05) is 32.2 Å². The van der Waals surface area contributed by atoms with E-state index in [0.717, 1.165) is 31.7 Å². The Balaban J connectivity index is 1.90. The van der Waals surface area contributed by atoms with Gasteiger partial charge in [0.2, 0.25) is 0 Å². The second-order valence-electron chi connectivity index (χ2n) is 5.77. The summed E-state index contributed by atoms with van der Waals surface area (Å²) < 4.78 is 13.5. The fourth-order valence-corrected chi connectivity index (χ4v) is 3.31. The maximum Gasteiger partial charge on any atom is 0.140 e. The summed E-state index contributed by atoms with van der Waals surface area (Å²) in [7, 11) is 0. The second kappa shape index (κ2) is 5.90. The SMILES string of the molecule is N#Cc1cc([C@@H](C2CCC2)N2CCNCC2)ccc1F. The van der Waals surface area contributed by atoms with E-state index >= 15 is 0 Å². The van der Waals surface area contributed by atoms with Gasteiger partial charge in [0.25, 0.3) is 0 Å². The van der Waals surface area contributed by atoms with Crippen molar-refractivity contribution in [3.8, 4) is 6.07 Å². The number of halogens is 1. The van der Waals surface area contributed by atoms with Crippen molar-refractivity contribution in [3.63, 3.8) is 0 Å². The quantitative estimate of drug-likeness (QED) is 0.919. The van der Waals surface area contributed by atoms with E-state index in [1.165, 1.54) is 25.3 Å². The summed E-state index contributed by atoms with van der Waals surface area (Å²) in [5, 5.41) is 12.4. The van der Waals surface area contributed by atoms with Crippen molar-refractivity contribution >= 4 is 0 Å². The molecule has 2 aliphatic rings. The van der Waals surface area contributed by atoms with Crippen molar-refractivity contribution in [1.29, 1.82) is 5.26 Å². The van der Waals surface area contributed by atoms with Crippen LogP contribution in [-0.4, -0.2) is 31.1 Å². The normalized spacial score (nSPS) is 22.0. The summed E-state index contributed by atoms with van der Waals surface area (Å²) in [6, 6.07) is 7.37. The summed E-state index contributed by atoms with van der Waals surface area (Å²) in [5.41, 5.74) is 1.27. The van der Waals surface area contributed by atoms with Crippen LogP contribution in [0.4, 0.5) is 4.39 Å². The zero-order valence-corrected chi connectivity index (χ0v) is 11.6. The highest BCUT2D eigenvalue weighted by Crippen LogP contribution is 2.41. The molecule has 1 aromatic rings. The summed E-state index contributed by atoms with van der Waals surface area (Å²) in [6.07, 6.45) is 3.78. The highest BCUT2D eigenvalue weighted by molar-refractivity contribution is 5.36. The van der Waals surface area contributed by atoms with Crippen molar-refractivity contribution in [3.05, 3.63) is 35.1 Å². The first-order valence-corrected chi connectivity index (χ1v) is 7.44. The molecular weight excluding hydrogens is 253 g/mol. The maximum atomic E-state index is 13.5. The lowest BCUT2D eigenvalue weighted by Gasteiger charge is -2.43. The first-order chi connectivity index (χ1) is 9.79. The number of nitrogens with zero attached hydrogens (tertiary/aromatic N) is 2. The Bertz CT molecular complexity index is 513. The van der Waals surface area contributed by atoms with Crippen LogP contribution in [0.2, 0.25) is 0 Å². The molecule has 3 nitrogen and oxygen atoms in total. The third-order valence-corrected chi connectivity index (χ3v) is 4.59. The van der Waals surface area contributed by atoms with Crippen LogP contribution >= 0.6 is 0 Å². The van der Waals surface area contributed by atoms with Crippen LogP contribution in [0.25, 0.3) is 0 Å². The first kappa shape index (κ1) is 13.5. The average Bonchev–Trinajstić information content (AvgIpc) is 2.44. The molecule has 0 aromatic heterocycles. The van der Waals surface area contributed by atoms with E-state index in [1.54, 1.807) is 6.07 Å². The van der Waals surface area contributed by atoms with Crippen LogP contribution in [0.1, 0.15) is 36.4 Å². The lowest BCUT2D eigenvalue weighted by Crippen LogP contribution is -2.47. The predicted octanol–water partition coefficient (Wildman–Crippen LogP) is 2.44. The highest BCUT2D eigenvalue weighted by Gasteiger charge is 2.33. The summed E-state index contributed by atoms with van der Waals surface area (Å²) in [4.78, 5) is 2.49. The molecule has 106 valence electrons. The average molecular weight is 273 g/mol. The number of benzene rings is 1. The summed E-state index contributed by atoms with van der Waals surface area (Å²) in [6.45, 7) is 4.08. The topological polar surface area (TPSA) is 39.1 Å². The molecule has 1 N–H and O–H groups in total. The third kappa shape index (κ3) is 2.56. The van der Waals surface area contributed by atoms with Gasteiger partial charge in [-0.1, -0.05) is 12.5 Å². The lowest BCUT2D eigenvalue weighted by atomic mass is 9.76. The Hall–Kier alpha value is -1.44. The Labute approximate surface area is 119 Å². The Morgan fingerprint density at radius 1 is 1.30 bits per heavy atom. The minimum absolute atomic E-state index is 0.168. The van der Waals surface area contributed by atoms with Gasteiger partial charge >= 0.3 is 0 Å². The van der Waals surface area contributed by atoms with Crippen molar-refractivity contribution < 1.29 is 4.39 Å². The second-order valence-corrected chi connectivity index (χ2v) is 5.77. The minimum atomic E-state index is -0.413. The molecule has 1 heterocycles. The van der Waals surface area contributed by atoms with Crippen LogP contribution in [0.5, 0.6) is 0 Å². The summed E-state index contributed by atoms with van der Waals surface area (Å²) >= 11 is 0. The first-order valence-electron chi connectivity index (χ1n) is 7.44. The van der Waals surface area contributed by atoms with E-state index < -0.39 is 5.82 Å². The molecule has 1 saturated carbocycles. The van der Waals surface area contributed by atoms with Crippen LogP contribution < -0.4 is 5.32 Å². The van der Waals surface area contributed by atoms with Gasteiger partial charge in [-0.2, -0.15) is 5.26 Å². The van der Waals surface area contributed by atoms with Gasteiger partial charge in [0.1, 0.15) is 11.9 Å². The van der Waals surface area contributed by atoms with Crippen molar-refractivity contribution in [1.82, 2.24) is 10.2 Å². The molecule has 2 fully saturated rings. The molecule has 20 heavy (non-hydrogen) atoms. The van der Waals surface area contributed by atoms with Gasteiger partial charge in [-0.3, -0.25) is 4.90 Å². The fraction of sp³-hybridized carbons (Fsp3) is 0.562. The van der Waals surface area contributed by atoms with Gasteiger partial charge in [0.15, 0.2) is 0 Å². The molecular formula is C16H20FN3. The molecule has 0 radical (unpaired) electrons. The summed E-state index contributed by atoms with van der Waals surface area (Å²) in [5.74, 6) is 0.244. The predicted molar refractivity (Wildman–Crippen MR) is 75.6 cm³/mol. The lowest BCUT2D eigenvalue weighted by molar-refractivity contribution is 0.0836. The molecule has 0 amide bonds. The standard InChI is InChI=1S/C16H20FN3/c17-15-5-4-13(10-14(15)11-18)16(12-2-1-3-12)20-8-6-19-7-9-20/h4-5,10,12,16,19H,1-3,6-9H2/t16-/m1/s1. The number of hydrogen-bond acceptors (Lipinski definition) is 3. The van der Waals surface area contributed by atoms with E-state index in [4.69, 9.17) is 5.26 Å². The van der Waals surface area contributed by atoms with Gasteiger partial charge in [-0.05, 0) is 36.5 Å². The van der Waals surface area contributed by atoms with Crippen LogP contribution in [0.15, 0.2) is 18.2 Å². The van der Waals surface area contributed by atoms with E-state index in [1.807, 2.05) is 12.1 Å². The van der Waals surface area contributed by atoms with Crippen LogP contribution in [0.3, 0.4) is 0 Å².